The van der Waals surface area contributed by atoms with Gasteiger partial charge in [-0.15, -0.1) is 0 Å². The molecule has 2 aliphatic rings. The third kappa shape index (κ3) is 5.14. The number of pyridine rings is 1. The van der Waals surface area contributed by atoms with E-state index < -0.39 is 12.0 Å². The van der Waals surface area contributed by atoms with Crippen LogP contribution in [0, 0.1) is 30.6 Å². The highest BCUT2D eigenvalue weighted by atomic mass is 19.1. The van der Waals surface area contributed by atoms with Crippen LogP contribution in [0.25, 0.3) is 11.1 Å². The van der Waals surface area contributed by atoms with Crippen LogP contribution in [0.2, 0.25) is 0 Å². The van der Waals surface area contributed by atoms with Gasteiger partial charge in [0.05, 0.1) is 5.69 Å². The smallest absolute Gasteiger partial charge is 0.270 e. The molecule has 2 amide bonds. The lowest BCUT2D eigenvalue weighted by Gasteiger charge is -2.27. The van der Waals surface area contributed by atoms with Gasteiger partial charge < -0.3 is 10.6 Å². The summed E-state index contributed by atoms with van der Waals surface area (Å²) in [7, 11) is 0. The van der Waals surface area contributed by atoms with Crippen LogP contribution in [-0.4, -0.2) is 42.8 Å². The maximum absolute atomic E-state index is 15.1. The number of aromatic amines is 1. The first-order valence-corrected chi connectivity index (χ1v) is 13.1. The molecule has 0 bridgehead atoms. The van der Waals surface area contributed by atoms with Gasteiger partial charge in [0.15, 0.2) is 0 Å². The van der Waals surface area contributed by atoms with Gasteiger partial charge in [-0.3, -0.25) is 19.4 Å². The van der Waals surface area contributed by atoms with E-state index in [1.165, 1.54) is 0 Å². The summed E-state index contributed by atoms with van der Waals surface area (Å²) in [5.41, 5.74) is 2.96. The molecule has 2 saturated carbocycles. The summed E-state index contributed by atoms with van der Waals surface area (Å²) in [5.74, 6) is -0.425. The van der Waals surface area contributed by atoms with Crippen molar-refractivity contribution in [2.24, 2.45) is 17.8 Å². The maximum atomic E-state index is 15.1. The molecule has 3 aromatic rings. The van der Waals surface area contributed by atoms with Crippen LogP contribution < -0.4 is 10.6 Å². The molecule has 2 aliphatic carbocycles. The van der Waals surface area contributed by atoms with Crippen LogP contribution in [0.15, 0.2) is 24.4 Å². The molecule has 1 unspecified atom stereocenters. The Morgan fingerprint density at radius 3 is 2.46 bits per heavy atom. The lowest BCUT2D eigenvalue weighted by molar-refractivity contribution is -0.119. The zero-order valence-electron chi connectivity index (χ0n) is 21.7. The molecule has 0 aliphatic heterocycles. The number of halogens is 1. The standard InChI is InChI=1S/C27H34FN7O2/c1-5-19-22(15(4)33-34-19)18-10-11-21(30-25(18)28)31-27(37)24(23(16-6-7-16)17-8-9-17)32-26(36)20-12-13-29-35(20)14(2)3/h10-14,16-17,23-24H,5-9H2,1-4H3,(H,32,36)(H,33,34)(H,30,31,37). The van der Waals surface area contributed by atoms with Crippen LogP contribution >= 0.6 is 0 Å². The topological polar surface area (TPSA) is 118 Å². The number of aryl methyl sites for hydroxylation is 2. The molecule has 3 N–H and O–H groups in total. The summed E-state index contributed by atoms with van der Waals surface area (Å²) in [6.07, 6.45) is 6.44. The highest BCUT2D eigenvalue weighted by molar-refractivity contribution is 6.00. The summed E-state index contributed by atoms with van der Waals surface area (Å²) in [4.78, 5) is 30.9. The molecule has 0 saturated heterocycles. The van der Waals surface area contributed by atoms with E-state index in [4.69, 9.17) is 0 Å². The van der Waals surface area contributed by atoms with Crippen molar-refractivity contribution in [3.8, 4) is 11.1 Å². The summed E-state index contributed by atoms with van der Waals surface area (Å²) in [6, 6.07) is 4.13. The zero-order valence-corrected chi connectivity index (χ0v) is 21.7. The molecule has 37 heavy (non-hydrogen) atoms. The van der Waals surface area contributed by atoms with Crippen LogP contribution in [0.5, 0.6) is 0 Å². The van der Waals surface area contributed by atoms with E-state index in [0.717, 1.165) is 37.1 Å². The largest absolute Gasteiger partial charge is 0.339 e. The van der Waals surface area contributed by atoms with Crippen LogP contribution in [0.1, 0.15) is 74.4 Å². The van der Waals surface area contributed by atoms with Gasteiger partial charge in [-0.1, -0.05) is 6.92 Å². The quantitative estimate of drug-likeness (QED) is 0.351. The maximum Gasteiger partial charge on any atom is 0.270 e. The number of carbonyl (C=O) groups is 2. The van der Waals surface area contributed by atoms with Crippen LogP contribution in [0.3, 0.4) is 0 Å². The minimum atomic E-state index is -0.740. The molecule has 2 fully saturated rings. The van der Waals surface area contributed by atoms with Gasteiger partial charge in [-0.2, -0.15) is 14.6 Å². The van der Waals surface area contributed by atoms with E-state index in [1.54, 1.807) is 29.1 Å². The normalized spacial score (nSPS) is 16.3. The van der Waals surface area contributed by atoms with Crippen molar-refractivity contribution in [2.45, 2.75) is 71.9 Å². The minimum absolute atomic E-state index is 0.00321. The molecular formula is C27H34FN7O2. The van der Waals surface area contributed by atoms with Gasteiger partial charge in [0.2, 0.25) is 11.9 Å². The predicted octanol–water partition coefficient (Wildman–Crippen LogP) is 4.43. The van der Waals surface area contributed by atoms with E-state index in [-0.39, 0.29) is 29.6 Å². The second kappa shape index (κ2) is 10.1. The Bertz CT molecular complexity index is 1290. The van der Waals surface area contributed by atoms with Crippen molar-refractivity contribution in [1.29, 1.82) is 0 Å². The van der Waals surface area contributed by atoms with Gasteiger partial charge in [0.1, 0.15) is 17.6 Å². The number of aromatic nitrogens is 5. The second-order valence-corrected chi connectivity index (χ2v) is 10.5. The van der Waals surface area contributed by atoms with Crippen molar-refractivity contribution in [2.75, 3.05) is 5.32 Å². The Kier molecular flexibility index (Phi) is 6.83. The van der Waals surface area contributed by atoms with E-state index >= 15 is 4.39 Å². The molecular weight excluding hydrogens is 473 g/mol. The number of rotatable bonds is 10. The van der Waals surface area contributed by atoms with E-state index in [9.17, 15) is 9.59 Å². The SMILES string of the molecule is CCc1n[nH]c(C)c1-c1ccc(NC(=O)C(NC(=O)c2ccnn2C(C)C)C(C2CC2)C2CC2)nc1F. The van der Waals surface area contributed by atoms with Crippen molar-refractivity contribution >= 4 is 17.6 Å². The average Bonchev–Trinajstić information content (AvgIpc) is 3.79. The molecule has 10 heteroatoms. The summed E-state index contributed by atoms with van der Waals surface area (Å²) in [5, 5.41) is 17.2. The fourth-order valence-corrected chi connectivity index (χ4v) is 5.34. The third-order valence-corrected chi connectivity index (χ3v) is 7.41. The Morgan fingerprint density at radius 2 is 1.86 bits per heavy atom. The van der Waals surface area contributed by atoms with E-state index in [0.29, 0.717) is 35.1 Å². The minimum Gasteiger partial charge on any atom is -0.339 e. The number of H-pyrrole nitrogens is 1. The van der Waals surface area contributed by atoms with E-state index in [2.05, 4.69) is 30.9 Å². The first kappa shape index (κ1) is 25.1. The highest BCUT2D eigenvalue weighted by Gasteiger charge is 2.48. The van der Waals surface area contributed by atoms with E-state index in [1.807, 2.05) is 27.7 Å². The molecule has 196 valence electrons. The molecule has 9 nitrogen and oxygen atoms in total. The lowest BCUT2D eigenvalue weighted by atomic mass is 9.88. The van der Waals surface area contributed by atoms with Crippen molar-refractivity contribution in [1.82, 2.24) is 30.3 Å². The number of nitrogens with zero attached hydrogens (tertiary/aromatic N) is 4. The zero-order chi connectivity index (χ0) is 26.3. The molecule has 0 spiro atoms. The molecule has 5 rings (SSSR count). The number of nitrogens with one attached hydrogen (secondary N) is 3. The third-order valence-electron chi connectivity index (χ3n) is 7.41. The van der Waals surface area contributed by atoms with Gasteiger partial charge >= 0.3 is 0 Å². The number of amides is 2. The first-order valence-electron chi connectivity index (χ1n) is 13.1. The average molecular weight is 508 g/mol. The molecule has 0 aromatic carbocycles. The van der Waals surface area contributed by atoms with Gasteiger partial charge in [-0.05, 0) is 88.8 Å². The Hall–Kier alpha value is -3.56. The lowest BCUT2D eigenvalue weighted by Crippen LogP contribution is -2.50. The van der Waals surface area contributed by atoms with Crippen molar-refractivity contribution in [3.63, 3.8) is 0 Å². The Balaban J connectivity index is 1.39. The number of anilines is 1. The molecule has 3 aromatic heterocycles. The fraction of sp³-hybridized carbons (Fsp3) is 0.519. The van der Waals surface area contributed by atoms with Crippen LogP contribution in [0.4, 0.5) is 10.2 Å². The summed E-state index contributed by atoms with van der Waals surface area (Å²) in [6.45, 7) is 7.69. The van der Waals surface area contributed by atoms with Gasteiger partial charge in [0.25, 0.3) is 5.91 Å². The predicted molar refractivity (Wildman–Crippen MR) is 137 cm³/mol. The van der Waals surface area contributed by atoms with Gasteiger partial charge in [-0.25, -0.2) is 4.98 Å². The highest BCUT2D eigenvalue weighted by Crippen LogP contribution is 2.51. The monoisotopic (exact) mass is 507 g/mol. The Labute approximate surface area is 215 Å². The van der Waals surface area contributed by atoms with Gasteiger partial charge in [0, 0.05) is 29.1 Å². The second-order valence-electron chi connectivity index (χ2n) is 10.5. The number of hydrogen-bond acceptors (Lipinski definition) is 5. The first-order chi connectivity index (χ1) is 17.8. The molecule has 3 heterocycles. The Morgan fingerprint density at radius 1 is 1.16 bits per heavy atom. The fourth-order valence-electron chi connectivity index (χ4n) is 5.34. The molecule has 0 radical (unpaired) electrons. The molecule has 1 atom stereocenters. The summed E-state index contributed by atoms with van der Waals surface area (Å²) >= 11 is 0. The number of hydrogen-bond donors (Lipinski definition) is 3. The summed E-state index contributed by atoms with van der Waals surface area (Å²) < 4.78 is 16.8. The van der Waals surface area contributed by atoms with Crippen molar-refractivity contribution < 1.29 is 14.0 Å². The number of carbonyl (C=O) groups excluding carboxylic acids is 2. The van der Waals surface area contributed by atoms with Crippen molar-refractivity contribution in [3.05, 3.63) is 47.4 Å². The van der Waals surface area contributed by atoms with Crippen LogP contribution in [-0.2, 0) is 11.2 Å².